The summed E-state index contributed by atoms with van der Waals surface area (Å²) in [7, 11) is 0. The summed E-state index contributed by atoms with van der Waals surface area (Å²) >= 11 is 0. The third-order valence-electron chi connectivity index (χ3n) is 3.34. The predicted octanol–water partition coefficient (Wildman–Crippen LogP) is 1.33. The number of aliphatic hydroxyl groups is 1. The lowest BCUT2D eigenvalue weighted by Crippen LogP contribution is -2.26. The van der Waals surface area contributed by atoms with Crippen LogP contribution in [0.5, 0.6) is 0 Å². The van der Waals surface area contributed by atoms with E-state index in [9.17, 15) is 4.79 Å². The molecule has 18 heavy (non-hydrogen) atoms. The van der Waals surface area contributed by atoms with Gasteiger partial charge in [-0.25, -0.2) is 0 Å². The van der Waals surface area contributed by atoms with Crippen molar-refractivity contribution >= 4 is 11.6 Å². The molecular formula is C14H20N2O2. The van der Waals surface area contributed by atoms with E-state index in [4.69, 9.17) is 5.11 Å². The van der Waals surface area contributed by atoms with Crippen LogP contribution in [0, 0.1) is 5.92 Å². The van der Waals surface area contributed by atoms with Crippen LogP contribution in [0.2, 0.25) is 0 Å². The molecule has 98 valence electrons. The standard InChI is InChI=1S/C14H20N2O2/c17-11-12-6-8-16(10-12)9-7-14(18)15-13-4-2-1-3-5-13/h1-5,12,17H,6-11H2,(H,15,18). The number of aliphatic hydroxyl groups excluding tert-OH is 1. The fraction of sp³-hybridized carbons (Fsp3) is 0.500. The highest BCUT2D eigenvalue weighted by molar-refractivity contribution is 5.90. The molecular weight excluding hydrogens is 228 g/mol. The molecule has 0 aromatic heterocycles. The molecule has 1 aliphatic rings. The monoisotopic (exact) mass is 248 g/mol. The molecule has 0 bridgehead atoms. The van der Waals surface area contributed by atoms with Crippen LogP contribution in [0.15, 0.2) is 30.3 Å². The molecule has 1 atom stereocenters. The number of nitrogens with one attached hydrogen (secondary N) is 1. The minimum atomic E-state index is 0.0497. The first-order valence-corrected chi connectivity index (χ1v) is 6.46. The van der Waals surface area contributed by atoms with Gasteiger partial charge in [-0.15, -0.1) is 0 Å². The highest BCUT2D eigenvalue weighted by Crippen LogP contribution is 2.15. The summed E-state index contributed by atoms with van der Waals surface area (Å²) in [5.74, 6) is 0.441. The quantitative estimate of drug-likeness (QED) is 0.826. The maximum atomic E-state index is 11.7. The van der Waals surface area contributed by atoms with Gasteiger partial charge in [0.05, 0.1) is 0 Å². The van der Waals surface area contributed by atoms with Gasteiger partial charge in [0.1, 0.15) is 0 Å². The Balaban J connectivity index is 1.69. The molecule has 0 aliphatic carbocycles. The van der Waals surface area contributed by atoms with Crippen LogP contribution < -0.4 is 5.32 Å². The molecule has 0 spiro atoms. The van der Waals surface area contributed by atoms with Crippen LogP contribution in [0.4, 0.5) is 5.69 Å². The van der Waals surface area contributed by atoms with Gasteiger partial charge in [-0.05, 0) is 31.0 Å². The van der Waals surface area contributed by atoms with Crippen molar-refractivity contribution in [2.75, 3.05) is 31.6 Å². The Morgan fingerprint density at radius 1 is 1.39 bits per heavy atom. The second kappa shape index (κ2) is 6.52. The maximum absolute atomic E-state index is 11.7. The van der Waals surface area contributed by atoms with Gasteiger partial charge in [-0.1, -0.05) is 18.2 Å². The van der Waals surface area contributed by atoms with Gasteiger partial charge in [-0.3, -0.25) is 4.79 Å². The largest absolute Gasteiger partial charge is 0.396 e. The van der Waals surface area contributed by atoms with Crippen molar-refractivity contribution in [1.82, 2.24) is 4.90 Å². The molecule has 1 saturated heterocycles. The van der Waals surface area contributed by atoms with Crippen molar-refractivity contribution in [2.24, 2.45) is 5.92 Å². The summed E-state index contributed by atoms with van der Waals surface area (Å²) in [6.07, 6.45) is 1.55. The molecule has 1 aromatic carbocycles. The molecule has 1 unspecified atom stereocenters. The number of hydrogen-bond donors (Lipinski definition) is 2. The zero-order chi connectivity index (χ0) is 12.8. The fourth-order valence-electron chi connectivity index (χ4n) is 2.27. The molecule has 1 aliphatic heterocycles. The second-order valence-electron chi connectivity index (χ2n) is 4.80. The number of rotatable bonds is 5. The number of nitrogens with zero attached hydrogens (tertiary/aromatic N) is 1. The number of anilines is 1. The van der Waals surface area contributed by atoms with E-state index in [1.165, 1.54) is 0 Å². The van der Waals surface area contributed by atoms with Crippen molar-refractivity contribution < 1.29 is 9.90 Å². The summed E-state index contributed by atoms with van der Waals surface area (Å²) in [5.41, 5.74) is 0.845. The number of hydrogen-bond acceptors (Lipinski definition) is 3. The first kappa shape index (κ1) is 13.1. The van der Waals surface area contributed by atoms with Crippen LogP contribution >= 0.6 is 0 Å². The molecule has 4 heteroatoms. The molecule has 1 fully saturated rings. The predicted molar refractivity (Wildman–Crippen MR) is 71.3 cm³/mol. The maximum Gasteiger partial charge on any atom is 0.225 e. The Morgan fingerprint density at radius 3 is 2.83 bits per heavy atom. The SMILES string of the molecule is O=C(CCN1CCC(CO)C1)Nc1ccccc1. The second-order valence-corrected chi connectivity index (χ2v) is 4.80. The molecule has 4 nitrogen and oxygen atoms in total. The molecule has 0 radical (unpaired) electrons. The van der Waals surface area contributed by atoms with E-state index in [0.717, 1.165) is 31.7 Å². The molecule has 1 amide bonds. The third-order valence-corrected chi connectivity index (χ3v) is 3.34. The zero-order valence-corrected chi connectivity index (χ0v) is 10.5. The molecule has 1 heterocycles. The Labute approximate surface area is 108 Å². The van der Waals surface area contributed by atoms with E-state index in [-0.39, 0.29) is 12.5 Å². The summed E-state index contributed by atoms with van der Waals surface area (Å²) in [6.45, 7) is 2.93. The van der Waals surface area contributed by atoms with Gasteiger partial charge in [0.25, 0.3) is 0 Å². The number of likely N-dealkylation sites (tertiary alicyclic amines) is 1. The minimum Gasteiger partial charge on any atom is -0.396 e. The lowest BCUT2D eigenvalue weighted by atomic mass is 10.1. The normalized spacial score (nSPS) is 19.9. The summed E-state index contributed by atoms with van der Waals surface area (Å²) in [5, 5.41) is 11.9. The van der Waals surface area contributed by atoms with Gasteiger partial charge in [-0.2, -0.15) is 0 Å². The van der Waals surface area contributed by atoms with E-state index in [1.54, 1.807) is 0 Å². The Kier molecular flexibility index (Phi) is 4.73. The number of amides is 1. The fourth-order valence-corrected chi connectivity index (χ4v) is 2.27. The lowest BCUT2D eigenvalue weighted by Gasteiger charge is -2.15. The first-order valence-electron chi connectivity index (χ1n) is 6.46. The van der Waals surface area contributed by atoms with Gasteiger partial charge in [0.15, 0.2) is 0 Å². The highest BCUT2D eigenvalue weighted by Gasteiger charge is 2.21. The average molecular weight is 248 g/mol. The van der Waals surface area contributed by atoms with Crippen molar-refractivity contribution in [1.29, 1.82) is 0 Å². The van der Waals surface area contributed by atoms with Crippen LogP contribution in [0.3, 0.4) is 0 Å². The van der Waals surface area contributed by atoms with Crippen molar-refractivity contribution in [3.63, 3.8) is 0 Å². The van der Waals surface area contributed by atoms with E-state index < -0.39 is 0 Å². The Bertz CT molecular complexity index is 381. The average Bonchev–Trinajstić information content (AvgIpc) is 2.85. The lowest BCUT2D eigenvalue weighted by molar-refractivity contribution is -0.116. The topological polar surface area (TPSA) is 52.6 Å². The van der Waals surface area contributed by atoms with Crippen LogP contribution in [-0.2, 0) is 4.79 Å². The van der Waals surface area contributed by atoms with Gasteiger partial charge >= 0.3 is 0 Å². The molecule has 0 saturated carbocycles. The van der Waals surface area contributed by atoms with Crippen molar-refractivity contribution in [3.05, 3.63) is 30.3 Å². The smallest absolute Gasteiger partial charge is 0.225 e. The highest BCUT2D eigenvalue weighted by atomic mass is 16.3. The Morgan fingerprint density at radius 2 is 2.17 bits per heavy atom. The summed E-state index contributed by atoms with van der Waals surface area (Å²) in [4.78, 5) is 14.0. The number of carbonyl (C=O) groups is 1. The molecule has 1 aromatic rings. The van der Waals surface area contributed by atoms with Gasteiger partial charge in [0.2, 0.25) is 5.91 Å². The van der Waals surface area contributed by atoms with E-state index >= 15 is 0 Å². The first-order chi connectivity index (χ1) is 8.78. The van der Waals surface area contributed by atoms with E-state index in [0.29, 0.717) is 12.3 Å². The van der Waals surface area contributed by atoms with Crippen LogP contribution in [-0.4, -0.2) is 42.2 Å². The van der Waals surface area contributed by atoms with Crippen molar-refractivity contribution in [3.8, 4) is 0 Å². The third kappa shape index (κ3) is 3.82. The number of para-hydroxylation sites is 1. The summed E-state index contributed by atoms with van der Waals surface area (Å²) < 4.78 is 0. The number of benzene rings is 1. The van der Waals surface area contributed by atoms with Gasteiger partial charge < -0.3 is 15.3 Å². The van der Waals surface area contributed by atoms with E-state index in [1.807, 2.05) is 30.3 Å². The zero-order valence-electron chi connectivity index (χ0n) is 10.5. The van der Waals surface area contributed by atoms with Crippen LogP contribution in [0.1, 0.15) is 12.8 Å². The minimum absolute atomic E-state index is 0.0497. The molecule has 2 rings (SSSR count). The van der Waals surface area contributed by atoms with Crippen molar-refractivity contribution in [2.45, 2.75) is 12.8 Å². The Hall–Kier alpha value is -1.39. The summed E-state index contributed by atoms with van der Waals surface area (Å²) in [6, 6.07) is 9.50. The van der Waals surface area contributed by atoms with Crippen LogP contribution in [0.25, 0.3) is 0 Å². The van der Waals surface area contributed by atoms with E-state index in [2.05, 4.69) is 10.2 Å². The number of carbonyl (C=O) groups excluding carboxylic acids is 1. The van der Waals surface area contributed by atoms with Gasteiger partial charge in [0, 0.05) is 31.8 Å². The molecule has 2 N–H and O–H groups in total.